The molecule has 0 amide bonds. The van der Waals surface area contributed by atoms with E-state index in [1.165, 1.54) is 0 Å². The second-order valence-electron chi connectivity index (χ2n) is 1.64. The van der Waals surface area contributed by atoms with E-state index >= 15 is 0 Å². The fourth-order valence-electron chi connectivity index (χ4n) is 0.440. The Morgan fingerprint density at radius 1 is 1.00 bits per heavy atom. The summed E-state index contributed by atoms with van der Waals surface area (Å²) in [5, 5.41) is 6.17. The maximum Gasteiger partial charge on any atom is 0.00771 e. The third-order valence-electron chi connectivity index (χ3n) is 0.873. The summed E-state index contributed by atoms with van der Waals surface area (Å²) in [4.78, 5) is 0. The third-order valence-corrected chi connectivity index (χ3v) is 0.873. The van der Waals surface area contributed by atoms with Gasteiger partial charge in [0.05, 0.1) is 0 Å². The average Bonchev–Trinajstić information content (AvgIpc) is 1.81. The Bertz CT molecular complexity index is 42.0. The number of likely N-dealkylation sites (N-methyl/N-ethyl adjacent to an activating group) is 1. The molecule has 0 aromatic rings. The molecule has 0 aliphatic rings. The summed E-state index contributed by atoms with van der Waals surface area (Å²) in [6.45, 7) is 3.67. The van der Waals surface area contributed by atoms with Crippen LogP contribution in [0.15, 0.2) is 0 Å². The first-order valence-electron chi connectivity index (χ1n) is 2.97. The smallest absolute Gasteiger partial charge is 0.00771 e. The van der Waals surface area contributed by atoms with Gasteiger partial charge in [-0.25, -0.2) is 0 Å². The molecule has 6 heteroatoms. The van der Waals surface area contributed by atoms with E-state index in [1.807, 2.05) is 7.05 Å². The Hall–Kier alpha value is 0.750. The van der Waals surface area contributed by atoms with Gasteiger partial charge in [-0.2, -0.15) is 0 Å². The van der Waals surface area contributed by atoms with Crippen LogP contribution in [0.5, 0.6) is 0 Å². The topological polar surface area (TPSA) is 50.1 Å². The van der Waals surface area contributed by atoms with Crippen LogP contribution < -0.4 is 16.4 Å². The van der Waals surface area contributed by atoms with Crippen LogP contribution >= 0.6 is 37.2 Å². The van der Waals surface area contributed by atoms with E-state index in [-0.39, 0.29) is 37.2 Å². The quantitative estimate of drug-likeness (QED) is 0.580. The van der Waals surface area contributed by atoms with Gasteiger partial charge in [-0.1, -0.05) is 0 Å². The van der Waals surface area contributed by atoms with Crippen LogP contribution in [0.4, 0.5) is 0 Å². The van der Waals surface area contributed by atoms with Crippen molar-refractivity contribution in [3.05, 3.63) is 0 Å². The summed E-state index contributed by atoms with van der Waals surface area (Å²) in [6, 6.07) is 0. The fourth-order valence-corrected chi connectivity index (χ4v) is 0.440. The van der Waals surface area contributed by atoms with Crippen molar-refractivity contribution in [1.29, 1.82) is 0 Å². The van der Waals surface area contributed by atoms with Crippen molar-refractivity contribution in [1.82, 2.24) is 10.6 Å². The summed E-state index contributed by atoms with van der Waals surface area (Å²) >= 11 is 0. The molecule has 0 bridgehead atoms. The van der Waals surface area contributed by atoms with E-state index in [2.05, 4.69) is 10.6 Å². The van der Waals surface area contributed by atoms with Gasteiger partial charge in [-0.05, 0) is 7.05 Å². The van der Waals surface area contributed by atoms with Gasteiger partial charge >= 0.3 is 0 Å². The predicted octanol–water partition coefficient (Wildman–Crippen LogP) is 0.0195. The molecule has 0 saturated heterocycles. The van der Waals surface area contributed by atoms with Crippen LogP contribution in [-0.4, -0.2) is 33.2 Å². The largest absolute Gasteiger partial charge is 0.329 e. The van der Waals surface area contributed by atoms with Crippen molar-refractivity contribution >= 4 is 37.2 Å². The molecule has 11 heavy (non-hydrogen) atoms. The van der Waals surface area contributed by atoms with Gasteiger partial charge in [0.2, 0.25) is 0 Å². The number of nitrogens with two attached hydrogens (primary N) is 1. The number of hydrogen-bond acceptors (Lipinski definition) is 3. The minimum Gasteiger partial charge on any atom is -0.329 e. The summed E-state index contributed by atoms with van der Waals surface area (Å²) in [5.41, 5.74) is 5.23. The molecule has 0 aliphatic heterocycles. The van der Waals surface area contributed by atoms with Crippen molar-refractivity contribution in [2.45, 2.75) is 0 Å². The zero-order valence-corrected chi connectivity index (χ0v) is 9.08. The second-order valence-corrected chi connectivity index (χ2v) is 1.64. The molecule has 0 aromatic carbocycles. The van der Waals surface area contributed by atoms with E-state index < -0.39 is 0 Å². The van der Waals surface area contributed by atoms with Crippen molar-refractivity contribution in [2.24, 2.45) is 5.73 Å². The lowest BCUT2D eigenvalue weighted by molar-refractivity contribution is 0.654. The molecule has 0 aliphatic carbocycles. The van der Waals surface area contributed by atoms with Gasteiger partial charge < -0.3 is 16.4 Å². The molecule has 0 radical (unpaired) electrons. The number of nitrogens with one attached hydrogen (secondary N) is 2. The van der Waals surface area contributed by atoms with Crippen LogP contribution in [-0.2, 0) is 0 Å². The molecule has 0 saturated carbocycles. The van der Waals surface area contributed by atoms with Gasteiger partial charge in [0.15, 0.2) is 0 Å². The molecule has 0 atom stereocenters. The van der Waals surface area contributed by atoms with Gasteiger partial charge in [-0.3, -0.25) is 0 Å². The normalized spacial score (nSPS) is 7.09. The van der Waals surface area contributed by atoms with Gasteiger partial charge in [0.1, 0.15) is 0 Å². The van der Waals surface area contributed by atoms with Crippen molar-refractivity contribution in [3.8, 4) is 0 Å². The molecule has 0 unspecified atom stereocenters. The summed E-state index contributed by atoms with van der Waals surface area (Å²) in [7, 11) is 1.93. The van der Waals surface area contributed by atoms with Crippen molar-refractivity contribution in [3.63, 3.8) is 0 Å². The van der Waals surface area contributed by atoms with E-state index in [4.69, 9.17) is 5.73 Å². The first-order chi connectivity index (χ1) is 3.91. The van der Waals surface area contributed by atoms with E-state index in [0.29, 0.717) is 0 Å². The third kappa shape index (κ3) is 24.9. The van der Waals surface area contributed by atoms with Gasteiger partial charge in [-0.15, -0.1) is 37.2 Å². The fraction of sp³-hybridized carbons (Fsp3) is 1.00. The lowest BCUT2D eigenvalue weighted by Gasteiger charge is -1.99. The molecular formula is C5H18Cl3N3. The van der Waals surface area contributed by atoms with Gasteiger partial charge in [0, 0.05) is 26.2 Å². The van der Waals surface area contributed by atoms with Crippen LogP contribution in [0.25, 0.3) is 0 Å². The summed E-state index contributed by atoms with van der Waals surface area (Å²) < 4.78 is 0. The molecule has 4 N–H and O–H groups in total. The molecular weight excluding hydrogens is 208 g/mol. The second kappa shape index (κ2) is 22.4. The monoisotopic (exact) mass is 225 g/mol. The number of halogens is 3. The Balaban J connectivity index is -0.0000000817. The molecule has 0 heterocycles. The predicted molar refractivity (Wildman–Crippen MR) is 57.6 cm³/mol. The minimum atomic E-state index is 0. The summed E-state index contributed by atoms with van der Waals surface area (Å²) in [5.74, 6) is 0. The van der Waals surface area contributed by atoms with Gasteiger partial charge in [0.25, 0.3) is 0 Å². The molecule has 0 rings (SSSR count). The zero-order valence-electron chi connectivity index (χ0n) is 6.63. The highest BCUT2D eigenvalue weighted by Gasteiger charge is 1.79. The Morgan fingerprint density at radius 2 is 1.55 bits per heavy atom. The SMILES string of the molecule is CNCCNCCN.Cl.Cl.Cl. The number of rotatable bonds is 5. The Morgan fingerprint density at radius 3 is 1.91 bits per heavy atom. The van der Waals surface area contributed by atoms with E-state index in [1.54, 1.807) is 0 Å². The highest BCUT2D eigenvalue weighted by molar-refractivity contribution is 5.86. The van der Waals surface area contributed by atoms with Crippen molar-refractivity contribution < 1.29 is 0 Å². The standard InChI is InChI=1S/C5H15N3.3ClH/c1-7-4-5-8-3-2-6;;;/h7-8H,2-6H2,1H3;3*1H. The van der Waals surface area contributed by atoms with E-state index in [0.717, 1.165) is 26.2 Å². The first-order valence-corrected chi connectivity index (χ1v) is 2.97. The molecule has 74 valence electrons. The molecule has 3 nitrogen and oxygen atoms in total. The maximum absolute atomic E-state index is 5.23. The van der Waals surface area contributed by atoms with Crippen LogP contribution in [0.2, 0.25) is 0 Å². The molecule has 0 fully saturated rings. The zero-order chi connectivity index (χ0) is 6.24. The Labute approximate surface area is 87.1 Å². The highest BCUT2D eigenvalue weighted by atomic mass is 35.5. The Kier molecular flexibility index (Phi) is 46.1. The minimum absolute atomic E-state index is 0. The maximum atomic E-state index is 5.23. The average molecular weight is 227 g/mol. The van der Waals surface area contributed by atoms with E-state index in [9.17, 15) is 0 Å². The lowest BCUT2D eigenvalue weighted by atomic mass is 10.6. The van der Waals surface area contributed by atoms with Crippen molar-refractivity contribution in [2.75, 3.05) is 33.2 Å². The van der Waals surface area contributed by atoms with Crippen LogP contribution in [0, 0.1) is 0 Å². The first kappa shape index (κ1) is 22.6. The lowest BCUT2D eigenvalue weighted by Crippen LogP contribution is -2.29. The molecule has 0 aromatic heterocycles. The van der Waals surface area contributed by atoms with Crippen LogP contribution in [0.1, 0.15) is 0 Å². The number of hydrogen-bond donors (Lipinski definition) is 3. The highest BCUT2D eigenvalue weighted by Crippen LogP contribution is 1.53. The van der Waals surface area contributed by atoms with Crippen LogP contribution in [0.3, 0.4) is 0 Å². The summed E-state index contributed by atoms with van der Waals surface area (Å²) in [6.07, 6.45) is 0. The molecule has 0 spiro atoms.